The lowest BCUT2D eigenvalue weighted by Gasteiger charge is -1.89. The highest BCUT2D eigenvalue weighted by Crippen LogP contribution is 2.26. The first-order chi connectivity index (χ1) is 4.47. The predicted molar refractivity (Wildman–Crippen MR) is 36.9 cm³/mol. The number of fused-ring (bicyclic) bond motifs is 1. The van der Waals surface area contributed by atoms with E-state index in [4.69, 9.17) is 0 Å². The summed E-state index contributed by atoms with van der Waals surface area (Å²) in [6, 6.07) is 0. The third-order valence-electron chi connectivity index (χ3n) is 0.994. The van der Waals surface area contributed by atoms with Crippen molar-refractivity contribution in [2.45, 2.75) is 0 Å². The first-order valence-corrected chi connectivity index (χ1v) is 3.27. The van der Waals surface area contributed by atoms with Crippen LogP contribution >= 0.6 is 12.1 Å². The highest BCUT2D eigenvalue weighted by molar-refractivity contribution is 8.02. The molecule has 0 fully saturated rings. The number of rotatable bonds is 0. The molecule has 0 aromatic carbocycles. The Morgan fingerprint density at radius 3 is 2.22 bits per heavy atom. The van der Waals surface area contributed by atoms with E-state index < -0.39 is 0 Å². The molecule has 1 aromatic rings. The van der Waals surface area contributed by atoms with Gasteiger partial charge >= 0.3 is 0 Å². The van der Waals surface area contributed by atoms with Crippen molar-refractivity contribution in [2.75, 3.05) is 9.44 Å². The summed E-state index contributed by atoms with van der Waals surface area (Å²) in [5.41, 5.74) is 0. The summed E-state index contributed by atoms with van der Waals surface area (Å²) in [6.07, 6.45) is 3.30. The molecule has 0 unspecified atom stereocenters. The lowest BCUT2D eigenvalue weighted by Crippen LogP contribution is -1.83. The molecule has 1 aromatic heterocycles. The second-order valence-electron chi connectivity index (χ2n) is 1.56. The molecule has 1 aliphatic rings. The quantitative estimate of drug-likeness (QED) is 0.524. The van der Waals surface area contributed by atoms with Gasteiger partial charge in [0.25, 0.3) is 0 Å². The van der Waals surface area contributed by atoms with Crippen molar-refractivity contribution in [3.63, 3.8) is 0 Å². The molecule has 0 bridgehead atoms. The minimum absolute atomic E-state index is 0.808. The first kappa shape index (κ1) is 4.87. The average molecular weight is 140 g/mol. The lowest BCUT2D eigenvalue weighted by atomic mass is 10.6. The van der Waals surface area contributed by atoms with Gasteiger partial charge < -0.3 is 0 Å². The zero-order chi connectivity index (χ0) is 6.10. The number of hydrogen-bond donors (Lipinski definition) is 2. The van der Waals surface area contributed by atoms with Crippen LogP contribution in [0.4, 0.5) is 11.6 Å². The van der Waals surface area contributed by atoms with Crippen molar-refractivity contribution in [3.05, 3.63) is 12.4 Å². The molecule has 9 heavy (non-hydrogen) atoms. The summed E-state index contributed by atoms with van der Waals surface area (Å²) in [7, 11) is 0. The largest absolute Gasteiger partial charge is 0.293 e. The van der Waals surface area contributed by atoms with Crippen molar-refractivity contribution in [1.29, 1.82) is 0 Å². The molecule has 2 rings (SSSR count). The molecule has 2 N–H and O–H groups in total. The smallest absolute Gasteiger partial charge is 0.181 e. The fraction of sp³-hybridized carbons (Fsp3) is 0. The Morgan fingerprint density at radius 2 is 1.67 bits per heavy atom. The van der Waals surface area contributed by atoms with E-state index in [9.17, 15) is 0 Å². The van der Waals surface area contributed by atoms with Gasteiger partial charge in [0.2, 0.25) is 0 Å². The molecular formula is C4H4N4S. The third-order valence-corrected chi connectivity index (χ3v) is 1.58. The molecule has 46 valence electrons. The summed E-state index contributed by atoms with van der Waals surface area (Å²) < 4.78 is 5.86. The number of aromatic nitrogens is 2. The fourth-order valence-electron chi connectivity index (χ4n) is 0.610. The highest BCUT2D eigenvalue weighted by atomic mass is 32.2. The van der Waals surface area contributed by atoms with Crippen molar-refractivity contribution < 1.29 is 0 Å². The van der Waals surface area contributed by atoms with Crippen LogP contribution in [0, 0.1) is 0 Å². The van der Waals surface area contributed by atoms with E-state index in [1.54, 1.807) is 12.4 Å². The summed E-state index contributed by atoms with van der Waals surface area (Å²) in [5, 5.41) is 0. The van der Waals surface area contributed by atoms with Gasteiger partial charge in [-0.1, -0.05) is 0 Å². The van der Waals surface area contributed by atoms with E-state index in [-0.39, 0.29) is 0 Å². The van der Waals surface area contributed by atoms with Gasteiger partial charge in [-0.15, -0.1) is 0 Å². The van der Waals surface area contributed by atoms with Crippen LogP contribution in [0.1, 0.15) is 0 Å². The van der Waals surface area contributed by atoms with Crippen molar-refractivity contribution >= 4 is 23.8 Å². The Kier molecular flexibility index (Phi) is 0.955. The second kappa shape index (κ2) is 1.77. The Morgan fingerprint density at radius 1 is 1.11 bits per heavy atom. The lowest BCUT2D eigenvalue weighted by molar-refractivity contribution is 1.23. The van der Waals surface area contributed by atoms with E-state index in [2.05, 4.69) is 19.4 Å². The van der Waals surface area contributed by atoms with Gasteiger partial charge in [-0.25, -0.2) is 9.97 Å². The molecule has 0 amide bonds. The molecule has 4 nitrogen and oxygen atoms in total. The van der Waals surface area contributed by atoms with Crippen molar-refractivity contribution in [1.82, 2.24) is 9.97 Å². The standard InChI is InChI=1S/C4H4N4S/c1-2-6-4-3(5-1)7-9-8-4/h1-2H,(H,5,7)(H,6,8). The maximum Gasteiger partial charge on any atom is 0.181 e. The molecule has 0 saturated carbocycles. The van der Waals surface area contributed by atoms with E-state index in [0.717, 1.165) is 11.6 Å². The molecular weight excluding hydrogens is 136 g/mol. The van der Waals surface area contributed by atoms with Crippen LogP contribution in [0.25, 0.3) is 0 Å². The van der Waals surface area contributed by atoms with Crippen LogP contribution in [0.2, 0.25) is 0 Å². The maximum atomic E-state index is 4.00. The van der Waals surface area contributed by atoms with E-state index in [1.165, 1.54) is 12.1 Å². The minimum Gasteiger partial charge on any atom is -0.293 e. The molecule has 5 heteroatoms. The summed E-state index contributed by atoms with van der Waals surface area (Å²) in [5.74, 6) is 1.62. The van der Waals surface area contributed by atoms with Gasteiger partial charge in [-0.05, 0) is 0 Å². The number of nitrogens with one attached hydrogen (secondary N) is 2. The van der Waals surface area contributed by atoms with Crippen molar-refractivity contribution in [2.24, 2.45) is 0 Å². The van der Waals surface area contributed by atoms with Gasteiger partial charge in [0.05, 0.1) is 12.1 Å². The Balaban J connectivity index is 2.54. The Labute approximate surface area is 56.4 Å². The normalized spacial score (nSPS) is 13.8. The van der Waals surface area contributed by atoms with Gasteiger partial charge in [0.15, 0.2) is 11.6 Å². The maximum absolute atomic E-state index is 4.00. The SMILES string of the molecule is c1cnc2c(n1)NSN2. The van der Waals surface area contributed by atoms with Gasteiger partial charge in [-0.2, -0.15) is 0 Å². The molecule has 1 aliphatic heterocycles. The average Bonchev–Trinajstić information content (AvgIpc) is 2.33. The van der Waals surface area contributed by atoms with Crippen LogP contribution in [0.5, 0.6) is 0 Å². The Bertz CT molecular complexity index is 203. The zero-order valence-electron chi connectivity index (χ0n) is 4.46. The van der Waals surface area contributed by atoms with Gasteiger partial charge in [0.1, 0.15) is 0 Å². The van der Waals surface area contributed by atoms with Crippen LogP contribution in [-0.2, 0) is 0 Å². The first-order valence-electron chi connectivity index (χ1n) is 2.46. The number of hydrogen-bond acceptors (Lipinski definition) is 5. The minimum atomic E-state index is 0.808. The zero-order valence-corrected chi connectivity index (χ0v) is 5.27. The number of nitrogens with zero attached hydrogens (tertiary/aromatic N) is 2. The van der Waals surface area contributed by atoms with Crippen molar-refractivity contribution in [3.8, 4) is 0 Å². The topological polar surface area (TPSA) is 49.8 Å². The molecule has 2 heterocycles. The van der Waals surface area contributed by atoms with E-state index in [1.807, 2.05) is 0 Å². The predicted octanol–water partition coefficient (Wildman–Crippen LogP) is 0.877. The molecule has 0 saturated heterocycles. The summed E-state index contributed by atoms with van der Waals surface area (Å²) in [6.45, 7) is 0. The summed E-state index contributed by atoms with van der Waals surface area (Å²) >= 11 is 1.38. The molecule has 0 spiro atoms. The summed E-state index contributed by atoms with van der Waals surface area (Å²) in [4.78, 5) is 8.00. The third kappa shape index (κ3) is 0.692. The van der Waals surface area contributed by atoms with Crippen LogP contribution in [0.15, 0.2) is 12.4 Å². The molecule has 0 aliphatic carbocycles. The fourth-order valence-corrected chi connectivity index (χ4v) is 1.15. The Hall–Kier alpha value is -0.970. The van der Waals surface area contributed by atoms with Crippen LogP contribution < -0.4 is 9.44 Å². The van der Waals surface area contributed by atoms with Crippen LogP contribution in [0.3, 0.4) is 0 Å². The molecule has 0 radical (unpaired) electrons. The molecule has 0 atom stereocenters. The monoisotopic (exact) mass is 140 g/mol. The van der Waals surface area contributed by atoms with Crippen LogP contribution in [-0.4, -0.2) is 9.97 Å². The second-order valence-corrected chi connectivity index (χ2v) is 2.17. The number of anilines is 2. The van der Waals surface area contributed by atoms with Gasteiger partial charge in [-0.3, -0.25) is 9.44 Å². The highest BCUT2D eigenvalue weighted by Gasteiger charge is 2.09. The van der Waals surface area contributed by atoms with Gasteiger partial charge in [0, 0.05) is 12.4 Å². The van der Waals surface area contributed by atoms with E-state index >= 15 is 0 Å². The van der Waals surface area contributed by atoms with E-state index in [0.29, 0.717) is 0 Å².